The average Bonchev–Trinajstić information content (AvgIpc) is 2.18. The number of aromatic nitrogens is 1. The Morgan fingerprint density at radius 3 is 2.79 bits per heavy atom. The predicted molar refractivity (Wildman–Crippen MR) is 55.4 cm³/mol. The van der Waals surface area contributed by atoms with Crippen LogP contribution in [0.4, 0.5) is 0 Å². The summed E-state index contributed by atoms with van der Waals surface area (Å²) in [4.78, 5) is 4.17. The van der Waals surface area contributed by atoms with Crippen LogP contribution in [0.2, 0.25) is 0 Å². The van der Waals surface area contributed by atoms with Gasteiger partial charge in [-0.3, -0.25) is 4.98 Å². The zero-order valence-electron chi connectivity index (χ0n) is 8.49. The van der Waals surface area contributed by atoms with Crippen molar-refractivity contribution in [2.75, 3.05) is 13.7 Å². The topological polar surface area (TPSA) is 48.1 Å². The maximum atomic E-state index is 5.82. The van der Waals surface area contributed by atoms with Gasteiger partial charge in [0.25, 0.3) is 0 Å². The number of hydrogen-bond acceptors (Lipinski definition) is 3. The van der Waals surface area contributed by atoms with Crippen LogP contribution in [0.3, 0.4) is 0 Å². The lowest BCUT2D eigenvalue weighted by atomic mass is 9.65. The first kappa shape index (κ1) is 9.46. The highest BCUT2D eigenvalue weighted by Crippen LogP contribution is 2.43. The quantitative estimate of drug-likeness (QED) is 0.789. The van der Waals surface area contributed by atoms with Crippen molar-refractivity contribution in [1.82, 2.24) is 4.98 Å². The molecule has 76 valence electrons. The molecule has 3 nitrogen and oxygen atoms in total. The molecule has 1 aromatic rings. The van der Waals surface area contributed by atoms with Gasteiger partial charge in [0.05, 0.1) is 13.3 Å². The summed E-state index contributed by atoms with van der Waals surface area (Å²) in [7, 11) is 1.66. The molecule has 0 aliphatic heterocycles. The molecule has 1 heterocycles. The van der Waals surface area contributed by atoms with Crippen molar-refractivity contribution in [3.63, 3.8) is 0 Å². The Kier molecular flexibility index (Phi) is 2.42. The number of nitrogens with zero attached hydrogens (tertiary/aromatic N) is 1. The predicted octanol–water partition coefficient (Wildman–Crippen LogP) is 1.47. The lowest BCUT2D eigenvalue weighted by Crippen LogP contribution is -2.41. The molecule has 1 aliphatic carbocycles. The van der Waals surface area contributed by atoms with Gasteiger partial charge in [-0.2, -0.15) is 0 Å². The van der Waals surface area contributed by atoms with Gasteiger partial charge in [0.15, 0.2) is 0 Å². The van der Waals surface area contributed by atoms with Gasteiger partial charge in [0, 0.05) is 18.2 Å². The van der Waals surface area contributed by atoms with E-state index in [0.29, 0.717) is 6.54 Å². The number of methoxy groups -OCH3 is 1. The molecule has 2 rings (SSSR count). The highest BCUT2D eigenvalue weighted by atomic mass is 16.5. The van der Waals surface area contributed by atoms with E-state index in [-0.39, 0.29) is 5.41 Å². The largest absolute Gasteiger partial charge is 0.495 e. The summed E-state index contributed by atoms with van der Waals surface area (Å²) in [5, 5.41) is 0. The molecule has 0 radical (unpaired) electrons. The summed E-state index contributed by atoms with van der Waals surface area (Å²) in [6.45, 7) is 0.710. The standard InChI is InChI=1S/C11H16N2O/c1-14-10-5-9(6-13-7-10)11(8-12)3-2-4-11/h5-7H,2-4,8,12H2,1H3. The van der Waals surface area contributed by atoms with Crippen molar-refractivity contribution in [1.29, 1.82) is 0 Å². The van der Waals surface area contributed by atoms with Crippen LogP contribution in [0.5, 0.6) is 5.75 Å². The Morgan fingerprint density at radius 2 is 2.29 bits per heavy atom. The zero-order valence-corrected chi connectivity index (χ0v) is 8.49. The molecule has 0 amide bonds. The third-order valence-corrected chi connectivity index (χ3v) is 3.26. The smallest absolute Gasteiger partial charge is 0.137 e. The van der Waals surface area contributed by atoms with E-state index < -0.39 is 0 Å². The second kappa shape index (κ2) is 3.58. The lowest BCUT2D eigenvalue weighted by molar-refractivity contribution is 0.251. The average molecular weight is 192 g/mol. The summed E-state index contributed by atoms with van der Waals surface area (Å²) < 4.78 is 5.16. The van der Waals surface area contributed by atoms with E-state index in [1.165, 1.54) is 24.8 Å². The first-order chi connectivity index (χ1) is 6.80. The van der Waals surface area contributed by atoms with Crippen molar-refractivity contribution in [2.45, 2.75) is 24.7 Å². The molecule has 0 atom stereocenters. The van der Waals surface area contributed by atoms with Crippen molar-refractivity contribution in [3.05, 3.63) is 24.0 Å². The first-order valence-corrected chi connectivity index (χ1v) is 5.00. The van der Waals surface area contributed by atoms with Crippen molar-refractivity contribution in [2.24, 2.45) is 5.73 Å². The molecule has 0 spiro atoms. The molecule has 0 aromatic carbocycles. The fourth-order valence-electron chi connectivity index (χ4n) is 2.03. The van der Waals surface area contributed by atoms with Crippen LogP contribution in [0, 0.1) is 0 Å². The first-order valence-electron chi connectivity index (χ1n) is 5.00. The van der Waals surface area contributed by atoms with Gasteiger partial charge >= 0.3 is 0 Å². The second-order valence-electron chi connectivity index (χ2n) is 3.95. The van der Waals surface area contributed by atoms with E-state index in [4.69, 9.17) is 10.5 Å². The van der Waals surface area contributed by atoms with E-state index in [2.05, 4.69) is 11.1 Å². The number of ether oxygens (including phenoxy) is 1. The van der Waals surface area contributed by atoms with Crippen LogP contribution in [0.25, 0.3) is 0 Å². The lowest BCUT2D eigenvalue weighted by Gasteiger charge is -2.41. The number of pyridine rings is 1. The third kappa shape index (κ3) is 1.38. The Bertz CT molecular complexity index is 315. The number of nitrogens with two attached hydrogens (primary N) is 1. The molecule has 3 heteroatoms. The molecule has 1 aliphatic rings. The zero-order chi connectivity index (χ0) is 10.0. The van der Waals surface area contributed by atoms with Crippen LogP contribution < -0.4 is 10.5 Å². The van der Waals surface area contributed by atoms with Gasteiger partial charge < -0.3 is 10.5 Å². The Labute approximate surface area is 84.3 Å². The van der Waals surface area contributed by atoms with Crippen LogP contribution >= 0.6 is 0 Å². The van der Waals surface area contributed by atoms with Gasteiger partial charge in [0.2, 0.25) is 0 Å². The van der Waals surface area contributed by atoms with Gasteiger partial charge in [-0.05, 0) is 24.5 Å². The van der Waals surface area contributed by atoms with Crippen molar-refractivity contribution in [3.8, 4) is 5.75 Å². The van der Waals surface area contributed by atoms with Crippen molar-refractivity contribution < 1.29 is 4.74 Å². The highest BCUT2D eigenvalue weighted by Gasteiger charge is 2.37. The second-order valence-corrected chi connectivity index (χ2v) is 3.95. The van der Waals surface area contributed by atoms with Gasteiger partial charge in [0.1, 0.15) is 5.75 Å². The minimum absolute atomic E-state index is 0.182. The molecule has 0 unspecified atom stereocenters. The molecule has 1 saturated carbocycles. The molecule has 1 fully saturated rings. The molecular weight excluding hydrogens is 176 g/mol. The van der Waals surface area contributed by atoms with Gasteiger partial charge in [-0.25, -0.2) is 0 Å². The Morgan fingerprint density at radius 1 is 1.50 bits per heavy atom. The van der Waals surface area contributed by atoms with E-state index in [0.717, 1.165) is 5.75 Å². The highest BCUT2D eigenvalue weighted by molar-refractivity contribution is 5.32. The number of rotatable bonds is 3. The summed E-state index contributed by atoms with van der Waals surface area (Å²) in [5.74, 6) is 0.822. The Hall–Kier alpha value is -1.09. The summed E-state index contributed by atoms with van der Waals surface area (Å²) in [6.07, 6.45) is 7.27. The Balaban J connectivity index is 2.30. The summed E-state index contributed by atoms with van der Waals surface area (Å²) in [6, 6.07) is 2.05. The van der Waals surface area contributed by atoms with E-state index in [9.17, 15) is 0 Å². The molecule has 0 bridgehead atoms. The van der Waals surface area contributed by atoms with E-state index in [1.807, 2.05) is 6.20 Å². The molecular formula is C11H16N2O. The molecule has 2 N–H and O–H groups in total. The van der Waals surface area contributed by atoms with Crippen LogP contribution in [-0.2, 0) is 5.41 Å². The summed E-state index contributed by atoms with van der Waals surface area (Å²) in [5.41, 5.74) is 7.23. The fraction of sp³-hybridized carbons (Fsp3) is 0.545. The van der Waals surface area contributed by atoms with Gasteiger partial charge in [-0.1, -0.05) is 6.42 Å². The van der Waals surface area contributed by atoms with Crippen LogP contribution in [0.1, 0.15) is 24.8 Å². The van der Waals surface area contributed by atoms with E-state index in [1.54, 1.807) is 13.3 Å². The van der Waals surface area contributed by atoms with Crippen molar-refractivity contribution >= 4 is 0 Å². The molecule has 0 saturated heterocycles. The SMILES string of the molecule is COc1cncc(C2(CN)CCC2)c1. The minimum atomic E-state index is 0.182. The molecule has 1 aromatic heterocycles. The fourth-order valence-corrected chi connectivity index (χ4v) is 2.03. The van der Waals surface area contributed by atoms with Gasteiger partial charge in [-0.15, -0.1) is 0 Å². The minimum Gasteiger partial charge on any atom is -0.495 e. The van der Waals surface area contributed by atoms with Crippen LogP contribution in [-0.4, -0.2) is 18.6 Å². The monoisotopic (exact) mass is 192 g/mol. The maximum Gasteiger partial charge on any atom is 0.137 e. The van der Waals surface area contributed by atoms with Crippen LogP contribution in [0.15, 0.2) is 18.5 Å². The molecule has 14 heavy (non-hydrogen) atoms. The number of hydrogen-bond donors (Lipinski definition) is 1. The third-order valence-electron chi connectivity index (χ3n) is 3.26. The summed E-state index contributed by atoms with van der Waals surface area (Å²) >= 11 is 0. The normalized spacial score (nSPS) is 18.7. The van der Waals surface area contributed by atoms with E-state index >= 15 is 0 Å². The maximum absolute atomic E-state index is 5.82.